The molecule has 1 saturated heterocycles. The van der Waals surface area contributed by atoms with Crippen LogP contribution in [0.25, 0.3) is 0 Å². The van der Waals surface area contributed by atoms with Gasteiger partial charge in [0.1, 0.15) is 0 Å². The van der Waals surface area contributed by atoms with Gasteiger partial charge in [0.25, 0.3) is 0 Å². The molecule has 1 aliphatic carbocycles. The molecule has 1 aromatic rings. The van der Waals surface area contributed by atoms with Crippen LogP contribution in [0.4, 0.5) is 10.5 Å². The first-order chi connectivity index (χ1) is 11.8. The summed E-state index contributed by atoms with van der Waals surface area (Å²) in [6.45, 7) is 2.19. The minimum atomic E-state index is -0.0421. The lowest BCUT2D eigenvalue weighted by Crippen LogP contribution is -2.46. The number of amides is 2. The molecule has 1 saturated carbocycles. The molecule has 2 amide bonds. The molecule has 1 N–H and O–H groups in total. The Morgan fingerprint density at radius 2 is 2.00 bits per heavy atom. The van der Waals surface area contributed by atoms with Crippen molar-refractivity contribution >= 4 is 11.7 Å². The fraction of sp³-hybridized carbons (Fsp3) is 0.632. The summed E-state index contributed by atoms with van der Waals surface area (Å²) in [6.07, 6.45) is 8.79. The van der Waals surface area contributed by atoms with Gasteiger partial charge >= 0.3 is 6.03 Å². The van der Waals surface area contributed by atoms with Gasteiger partial charge in [-0.2, -0.15) is 0 Å². The van der Waals surface area contributed by atoms with Crippen molar-refractivity contribution in [3.05, 3.63) is 18.2 Å². The normalized spacial score (nSPS) is 19.0. The second-order valence-corrected chi connectivity index (χ2v) is 6.71. The molecule has 0 atom stereocenters. The molecule has 0 spiro atoms. The molecule has 0 radical (unpaired) electrons. The maximum atomic E-state index is 12.0. The Hall–Kier alpha value is -1.91. The molecule has 5 nitrogen and oxygen atoms in total. The molecule has 0 unspecified atom stereocenters. The number of ether oxygens (including phenoxy) is 2. The third-order valence-corrected chi connectivity index (χ3v) is 5.05. The minimum absolute atomic E-state index is 0.0421. The van der Waals surface area contributed by atoms with Gasteiger partial charge in [-0.1, -0.05) is 32.1 Å². The highest BCUT2D eigenvalue weighted by Crippen LogP contribution is 2.33. The number of carbonyl (C=O) groups excluding carboxylic acids is 1. The first-order valence-corrected chi connectivity index (χ1v) is 9.14. The Morgan fingerprint density at radius 1 is 1.17 bits per heavy atom. The second-order valence-electron chi connectivity index (χ2n) is 6.71. The Morgan fingerprint density at radius 3 is 2.75 bits per heavy atom. The van der Waals surface area contributed by atoms with Crippen LogP contribution < -0.4 is 19.7 Å². The Labute approximate surface area is 144 Å². The topological polar surface area (TPSA) is 50.8 Å². The van der Waals surface area contributed by atoms with Crippen LogP contribution >= 0.6 is 0 Å². The van der Waals surface area contributed by atoms with E-state index in [1.54, 1.807) is 12.0 Å². The highest BCUT2D eigenvalue weighted by atomic mass is 16.5. The van der Waals surface area contributed by atoms with E-state index in [1.807, 2.05) is 18.2 Å². The molecule has 1 aromatic carbocycles. The molecule has 0 aromatic heterocycles. The van der Waals surface area contributed by atoms with Gasteiger partial charge in [-0.15, -0.1) is 0 Å². The first kappa shape index (κ1) is 16.9. The van der Waals surface area contributed by atoms with E-state index in [9.17, 15) is 4.79 Å². The lowest BCUT2D eigenvalue weighted by Gasteiger charge is -2.28. The van der Waals surface area contributed by atoms with Crippen molar-refractivity contribution in [3.63, 3.8) is 0 Å². The fourth-order valence-corrected chi connectivity index (χ4v) is 3.63. The third kappa shape index (κ3) is 4.13. The van der Waals surface area contributed by atoms with Crippen LogP contribution in [0.5, 0.6) is 11.5 Å². The van der Waals surface area contributed by atoms with Crippen molar-refractivity contribution in [2.45, 2.75) is 44.9 Å². The van der Waals surface area contributed by atoms with Crippen molar-refractivity contribution in [1.82, 2.24) is 5.32 Å². The van der Waals surface area contributed by atoms with Crippen LogP contribution in [0.1, 0.15) is 44.9 Å². The van der Waals surface area contributed by atoms with Gasteiger partial charge in [-0.3, -0.25) is 4.90 Å². The fourth-order valence-electron chi connectivity index (χ4n) is 3.63. The van der Waals surface area contributed by atoms with E-state index >= 15 is 0 Å². The molecule has 24 heavy (non-hydrogen) atoms. The zero-order chi connectivity index (χ0) is 16.8. The summed E-state index contributed by atoms with van der Waals surface area (Å²) < 4.78 is 11.4. The zero-order valence-electron chi connectivity index (χ0n) is 14.6. The van der Waals surface area contributed by atoms with Gasteiger partial charge in [-0.05, 0) is 30.9 Å². The summed E-state index contributed by atoms with van der Waals surface area (Å²) in [7, 11) is 1.65. The molecule has 1 heterocycles. The van der Waals surface area contributed by atoms with Gasteiger partial charge < -0.3 is 14.8 Å². The molecule has 5 heteroatoms. The quantitative estimate of drug-likeness (QED) is 0.858. The number of urea groups is 1. The zero-order valence-corrected chi connectivity index (χ0v) is 14.6. The number of methoxy groups -OCH3 is 1. The number of anilines is 1. The Kier molecular flexibility index (Phi) is 5.83. The number of hydrogen-bond acceptors (Lipinski definition) is 3. The maximum absolute atomic E-state index is 12.0. The third-order valence-electron chi connectivity index (χ3n) is 5.05. The molecule has 3 rings (SSSR count). The number of carbonyl (C=O) groups is 1. The summed E-state index contributed by atoms with van der Waals surface area (Å²) in [5.41, 5.74) is 0.862. The van der Waals surface area contributed by atoms with E-state index in [0.717, 1.165) is 49.0 Å². The Balaban J connectivity index is 1.64. The Bertz CT molecular complexity index is 556. The van der Waals surface area contributed by atoms with Crippen LogP contribution in [-0.2, 0) is 0 Å². The summed E-state index contributed by atoms with van der Waals surface area (Å²) in [5, 5.41) is 2.88. The summed E-state index contributed by atoms with van der Waals surface area (Å²) in [5.74, 6) is 2.24. The molecular weight excluding hydrogens is 304 g/mol. The number of hydrogen-bond donors (Lipinski definition) is 1. The average Bonchev–Trinajstić information content (AvgIpc) is 2.63. The number of benzene rings is 1. The van der Waals surface area contributed by atoms with Crippen molar-refractivity contribution in [1.29, 1.82) is 0 Å². The number of rotatable bonds is 6. The molecule has 132 valence electrons. The largest absolute Gasteiger partial charge is 0.493 e. The predicted octanol–water partition coefficient (Wildman–Crippen LogP) is 3.96. The average molecular weight is 332 g/mol. The molecule has 2 aliphatic rings. The second kappa shape index (κ2) is 8.27. The van der Waals surface area contributed by atoms with E-state index in [2.05, 4.69) is 5.32 Å². The van der Waals surface area contributed by atoms with Gasteiger partial charge in [0.15, 0.2) is 11.5 Å². The van der Waals surface area contributed by atoms with Crippen LogP contribution in [0.2, 0.25) is 0 Å². The van der Waals surface area contributed by atoms with E-state index in [4.69, 9.17) is 9.47 Å². The maximum Gasteiger partial charge on any atom is 0.321 e. The predicted molar refractivity (Wildman–Crippen MR) is 95.0 cm³/mol. The highest BCUT2D eigenvalue weighted by molar-refractivity contribution is 5.93. The van der Waals surface area contributed by atoms with Crippen molar-refractivity contribution in [3.8, 4) is 11.5 Å². The van der Waals surface area contributed by atoms with Crippen LogP contribution in [0.3, 0.4) is 0 Å². The van der Waals surface area contributed by atoms with Crippen molar-refractivity contribution in [2.24, 2.45) is 5.92 Å². The van der Waals surface area contributed by atoms with E-state index in [1.165, 1.54) is 32.1 Å². The number of nitrogens with zero attached hydrogens (tertiary/aromatic N) is 1. The summed E-state index contributed by atoms with van der Waals surface area (Å²) in [4.78, 5) is 13.8. The van der Waals surface area contributed by atoms with E-state index in [0.29, 0.717) is 6.61 Å². The molecular formula is C19H28N2O3. The van der Waals surface area contributed by atoms with Crippen LogP contribution in [-0.4, -0.2) is 32.8 Å². The lowest BCUT2D eigenvalue weighted by molar-refractivity contribution is 0.238. The minimum Gasteiger partial charge on any atom is -0.493 e. The number of nitrogens with one attached hydrogen (secondary N) is 1. The molecule has 0 bridgehead atoms. The van der Waals surface area contributed by atoms with Gasteiger partial charge in [0.05, 0.1) is 13.7 Å². The standard InChI is InChI=1S/C19H28N2O3/c1-23-17-9-8-16(21-12-5-11-20-19(21)22)14-18(17)24-13-10-15-6-3-2-4-7-15/h8-9,14-15H,2-7,10-13H2,1H3,(H,20,22). The summed E-state index contributed by atoms with van der Waals surface area (Å²) in [6, 6.07) is 5.68. The van der Waals surface area contributed by atoms with Gasteiger partial charge in [0, 0.05) is 24.8 Å². The van der Waals surface area contributed by atoms with Crippen LogP contribution in [0.15, 0.2) is 18.2 Å². The summed E-state index contributed by atoms with van der Waals surface area (Å²) >= 11 is 0. The SMILES string of the molecule is COc1ccc(N2CCCNC2=O)cc1OCCC1CCCCC1. The smallest absolute Gasteiger partial charge is 0.321 e. The first-order valence-electron chi connectivity index (χ1n) is 9.14. The van der Waals surface area contributed by atoms with Crippen molar-refractivity contribution < 1.29 is 14.3 Å². The van der Waals surface area contributed by atoms with E-state index < -0.39 is 0 Å². The van der Waals surface area contributed by atoms with Gasteiger partial charge in [-0.25, -0.2) is 4.79 Å². The molecule has 1 aliphatic heterocycles. The molecule has 2 fully saturated rings. The monoisotopic (exact) mass is 332 g/mol. The van der Waals surface area contributed by atoms with Gasteiger partial charge in [0.2, 0.25) is 0 Å². The van der Waals surface area contributed by atoms with E-state index in [-0.39, 0.29) is 6.03 Å². The van der Waals surface area contributed by atoms with Crippen molar-refractivity contribution in [2.75, 3.05) is 31.7 Å². The highest BCUT2D eigenvalue weighted by Gasteiger charge is 2.21. The van der Waals surface area contributed by atoms with Crippen LogP contribution in [0, 0.1) is 5.92 Å². The lowest BCUT2D eigenvalue weighted by atomic mass is 9.87.